The highest BCUT2D eigenvalue weighted by atomic mass is 19.4. The fourth-order valence-corrected chi connectivity index (χ4v) is 1.50. The van der Waals surface area contributed by atoms with Crippen molar-refractivity contribution in [2.45, 2.75) is 6.18 Å². The molecule has 0 atom stereocenters. The van der Waals surface area contributed by atoms with Gasteiger partial charge < -0.3 is 4.74 Å². The molecule has 0 N–H and O–H groups in total. The maximum absolute atomic E-state index is 12.8. The number of alkyl halides is 3. The Morgan fingerprint density at radius 1 is 0.944 bits per heavy atom. The third kappa shape index (κ3) is 2.83. The van der Waals surface area contributed by atoms with E-state index in [1.54, 1.807) is 30.3 Å². The van der Waals surface area contributed by atoms with E-state index in [-0.39, 0.29) is 5.75 Å². The van der Waals surface area contributed by atoms with Crippen molar-refractivity contribution in [2.24, 2.45) is 0 Å². The zero-order valence-corrected chi connectivity index (χ0v) is 9.37. The monoisotopic (exact) mass is 251 g/mol. The molecule has 0 aromatic heterocycles. The molecule has 0 saturated heterocycles. The predicted molar refractivity (Wildman–Crippen MR) is 62.4 cm³/mol. The number of ether oxygens (including phenoxy) is 1. The highest BCUT2D eigenvalue weighted by Gasteiger charge is 2.34. The van der Waals surface area contributed by atoms with Gasteiger partial charge in [0.15, 0.2) is 0 Å². The van der Waals surface area contributed by atoms with Crippen molar-refractivity contribution in [1.82, 2.24) is 0 Å². The van der Waals surface area contributed by atoms with Crippen molar-refractivity contribution < 1.29 is 17.9 Å². The van der Waals surface area contributed by atoms with Crippen LogP contribution in [0.15, 0.2) is 48.5 Å². The first-order chi connectivity index (χ1) is 8.47. The van der Waals surface area contributed by atoms with Crippen LogP contribution in [0.3, 0.4) is 0 Å². The van der Waals surface area contributed by atoms with E-state index in [9.17, 15) is 13.2 Å². The molecular weight excluding hydrogens is 241 g/mol. The lowest BCUT2D eigenvalue weighted by atomic mass is 10.1. The molecule has 0 saturated carbocycles. The molecular formula is C14H10F3O. The molecule has 0 amide bonds. The van der Waals surface area contributed by atoms with Gasteiger partial charge in [0.2, 0.25) is 0 Å². The first-order valence-corrected chi connectivity index (χ1v) is 5.23. The summed E-state index contributed by atoms with van der Waals surface area (Å²) in [4.78, 5) is 0. The van der Waals surface area contributed by atoms with Crippen molar-refractivity contribution in [1.29, 1.82) is 0 Å². The van der Waals surface area contributed by atoms with E-state index in [2.05, 4.69) is 6.92 Å². The largest absolute Gasteiger partial charge is 0.457 e. The van der Waals surface area contributed by atoms with E-state index in [0.29, 0.717) is 11.3 Å². The molecule has 0 fully saturated rings. The Morgan fingerprint density at radius 2 is 1.61 bits per heavy atom. The van der Waals surface area contributed by atoms with Crippen molar-refractivity contribution >= 4 is 0 Å². The van der Waals surface area contributed by atoms with Gasteiger partial charge in [-0.25, -0.2) is 0 Å². The van der Waals surface area contributed by atoms with E-state index in [4.69, 9.17) is 4.74 Å². The van der Waals surface area contributed by atoms with Crippen LogP contribution < -0.4 is 4.74 Å². The second-order valence-electron chi connectivity index (χ2n) is 3.74. The van der Waals surface area contributed by atoms with Crippen molar-refractivity contribution in [3.63, 3.8) is 0 Å². The Hall–Kier alpha value is -1.97. The lowest BCUT2D eigenvalue weighted by molar-refractivity contribution is -0.138. The molecule has 0 bridgehead atoms. The van der Waals surface area contributed by atoms with Gasteiger partial charge >= 0.3 is 6.18 Å². The first-order valence-electron chi connectivity index (χ1n) is 5.23. The summed E-state index contributed by atoms with van der Waals surface area (Å²) in [5.74, 6) is 0.120. The summed E-state index contributed by atoms with van der Waals surface area (Å²) in [6, 6.07) is 11.9. The van der Waals surface area contributed by atoms with Crippen molar-refractivity contribution in [2.75, 3.05) is 0 Å². The van der Waals surface area contributed by atoms with Crippen LogP contribution in [0.2, 0.25) is 0 Å². The second kappa shape index (κ2) is 4.72. The Kier molecular flexibility index (Phi) is 3.28. The SMILES string of the molecule is [CH2]c1ccc(C(F)(F)F)c(Oc2ccccc2)c1. The average molecular weight is 251 g/mol. The molecule has 2 rings (SSSR count). The minimum Gasteiger partial charge on any atom is -0.457 e. The van der Waals surface area contributed by atoms with Gasteiger partial charge in [-0.1, -0.05) is 24.3 Å². The van der Waals surface area contributed by atoms with Gasteiger partial charge in [0, 0.05) is 0 Å². The zero-order valence-electron chi connectivity index (χ0n) is 9.37. The van der Waals surface area contributed by atoms with Crippen LogP contribution in [0.1, 0.15) is 11.1 Å². The van der Waals surface area contributed by atoms with Crippen LogP contribution in [0.4, 0.5) is 13.2 Å². The number of rotatable bonds is 2. The van der Waals surface area contributed by atoms with Crippen LogP contribution in [0.25, 0.3) is 0 Å². The average Bonchev–Trinajstić information content (AvgIpc) is 2.28. The van der Waals surface area contributed by atoms with Crippen LogP contribution in [0, 0.1) is 6.92 Å². The summed E-state index contributed by atoms with van der Waals surface area (Å²) in [6.07, 6.45) is -4.45. The number of para-hydroxylation sites is 1. The van der Waals surface area contributed by atoms with E-state index < -0.39 is 11.7 Å². The highest BCUT2D eigenvalue weighted by Crippen LogP contribution is 2.38. The third-order valence-electron chi connectivity index (χ3n) is 2.32. The Morgan fingerprint density at radius 3 is 2.22 bits per heavy atom. The van der Waals surface area contributed by atoms with Gasteiger partial charge in [-0.3, -0.25) is 0 Å². The van der Waals surface area contributed by atoms with Gasteiger partial charge in [0.25, 0.3) is 0 Å². The smallest absolute Gasteiger partial charge is 0.419 e. The number of benzene rings is 2. The normalized spacial score (nSPS) is 11.3. The molecule has 18 heavy (non-hydrogen) atoms. The van der Waals surface area contributed by atoms with Gasteiger partial charge in [-0.05, 0) is 36.8 Å². The Balaban J connectivity index is 2.40. The van der Waals surface area contributed by atoms with Crippen LogP contribution in [0.5, 0.6) is 11.5 Å². The first kappa shape index (κ1) is 12.5. The summed E-state index contributed by atoms with van der Waals surface area (Å²) in [5, 5.41) is 0. The second-order valence-corrected chi connectivity index (χ2v) is 3.74. The Labute approximate surface area is 103 Å². The van der Waals surface area contributed by atoms with Crippen LogP contribution >= 0.6 is 0 Å². The maximum atomic E-state index is 12.8. The summed E-state index contributed by atoms with van der Waals surface area (Å²) < 4.78 is 43.6. The topological polar surface area (TPSA) is 9.23 Å². The standard InChI is InChI=1S/C14H10F3O/c1-10-7-8-12(14(15,16)17)13(9-10)18-11-5-3-2-4-6-11/h2-9H,1H2. The summed E-state index contributed by atoms with van der Waals surface area (Å²) in [6.45, 7) is 3.60. The number of halogens is 3. The molecule has 0 aliphatic rings. The molecule has 4 heteroatoms. The van der Waals surface area contributed by atoms with Gasteiger partial charge in [-0.15, -0.1) is 0 Å². The lowest BCUT2D eigenvalue weighted by Gasteiger charge is -2.14. The molecule has 1 nitrogen and oxygen atoms in total. The van der Waals surface area contributed by atoms with Gasteiger partial charge in [0.1, 0.15) is 11.5 Å². The predicted octanol–water partition coefficient (Wildman–Crippen LogP) is 4.68. The van der Waals surface area contributed by atoms with E-state index in [1.807, 2.05) is 0 Å². The molecule has 0 unspecified atom stereocenters. The van der Waals surface area contributed by atoms with Gasteiger partial charge in [0.05, 0.1) is 5.56 Å². The van der Waals surface area contributed by atoms with Gasteiger partial charge in [-0.2, -0.15) is 13.2 Å². The molecule has 2 aromatic carbocycles. The fraction of sp³-hybridized carbons (Fsp3) is 0.0714. The zero-order chi connectivity index (χ0) is 13.2. The quantitative estimate of drug-likeness (QED) is 0.753. The number of hydrogen-bond acceptors (Lipinski definition) is 1. The van der Waals surface area contributed by atoms with Crippen LogP contribution in [-0.4, -0.2) is 0 Å². The molecule has 2 aromatic rings. The summed E-state index contributed by atoms with van der Waals surface area (Å²) >= 11 is 0. The fourth-order valence-electron chi connectivity index (χ4n) is 1.50. The van der Waals surface area contributed by atoms with E-state index >= 15 is 0 Å². The molecule has 0 aliphatic heterocycles. The lowest BCUT2D eigenvalue weighted by Crippen LogP contribution is -2.07. The summed E-state index contributed by atoms with van der Waals surface area (Å²) in [5.41, 5.74) is -0.340. The molecule has 0 spiro atoms. The number of hydrogen-bond donors (Lipinski definition) is 0. The third-order valence-corrected chi connectivity index (χ3v) is 2.32. The van der Waals surface area contributed by atoms with Crippen molar-refractivity contribution in [3.8, 4) is 11.5 Å². The minimum atomic E-state index is -4.45. The molecule has 93 valence electrons. The van der Waals surface area contributed by atoms with E-state index in [0.717, 1.165) is 6.07 Å². The highest BCUT2D eigenvalue weighted by molar-refractivity contribution is 5.43. The minimum absolute atomic E-state index is 0.235. The van der Waals surface area contributed by atoms with Crippen LogP contribution in [-0.2, 0) is 6.18 Å². The van der Waals surface area contributed by atoms with Crippen molar-refractivity contribution in [3.05, 3.63) is 66.6 Å². The van der Waals surface area contributed by atoms with E-state index in [1.165, 1.54) is 12.1 Å². The molecule has 0 heterocycles. The molecule has 0 aliphatic carbocycles. The summed E-state index contributed by atoms with van der Waals surface area (Å²) in [7, 11) is 0. The Bertz CT molecular complexity index is 532. The molecule has 1 radical (unpaired) electrons. The maximum Gasteiger partial charge on any atom is 0.419 e.